The van der Waals surface area contributed by atoms with Crippen LogP contribution in [0.25, 0.3) is 10.4 Å². The molecule has 0 radical (unpaired) electrons. The molecule has 17 heteroatoms. The van der Waals surface area contributed by atoms with Gasteiger partial charge in [-0.1, -0.05) is 68.8 Å². The van der Waals surface area contributed by atoms with Gasteiger partial charge in [-0.25, -0.2) is 9.78 Å². The summed E-state index contributed by atoms with van der Waals surface area (Å²) < 4.78 is 5.27. The number of β-amino-alcohol motifs (C(OH)–C–C–N with tert-alkyl or cyclic N) is 1. The van der Waals surface area contributed by atoms with Gasteiger partial charge in [0.05, 0.1) is 38.9 Å². The number of nitrogens with zero attached hydrogens (tertiary/aromatic N) is 2. The number of aromatic nitrogens is 1. The Morgan fingerprint density at radius 3 is 2.28 bits per heavy atom. The number of alkyl carbamates (subject to hydrolysis) is 1. The van der Waals surface area contributed by atoms with Crippen LogP contribution in [0.4, 0.5) is 10.5 Å². The Balaban J connectivity index is 1.36. The number of nitrogens with two attached hydrogens (primary N) is 1. The van der Waals surface area contributed by atoms with Crippen LogP contribution in [-0.4, -0.2) is 87.0 Å². The number of amides is 6. The first kappa shape index (κ1) is 47.6. The van der Waals surface area contributed by atoms with Gasteiger partial charge in [0.2, 0.25) is 29.5 Å². The second kappa shape index (κ2) is 20.5. The normalized spacial score (nSPS) is 16.9. The van der Waals surface area contributed by atoms with Crippen LogP contribution in [0.5, 0.6) is 0 Å². The molecule has 0 spiro atoms. The molecule has 2 heterocycles. The van der Waals surface area contributed by atoms with E-state index >= 15 is 0 Å². The summed E-state index contributed by atoms with van der Waals surface area (Å²) >= 11 is 8.25. The molecule has 3 unspecified atom stereocenters. The largest absolute Gasteiger partial charge is 0.444 e. The van der Waals surface area contributed by atoms with Crippen molar-refractivity contribution in [1.82, 2.24) is 25.8 Å². The Hall–Kier alpha value is -5.06. The van der Waals surface area contributed by atoms with Crippen molar-refractivity contribution in [2.45, 2.75) is 130 Å². The molecular formula is C43H58ClN7O8S. The number of halogens is 1. The summed E-state index contributed by atoms with van der Waals surface area (Å²) in [5.74, 6) is -2.53. The number of aliphatic hydroxyl groups excluding tert-OH is 1. The fourth-order valence-electron chi connectivity index (χ4n) is 6.78. The summed E-state index contributed by atoms with van der Waals surface area (Å²) in [5, 5.41) is 22.0. The van der Waals surface area contributed by atoms with Gasteiger partial charge in [0.1, 0.15) is 23.7 Å². The van der Waals surface area contributed by atoms with E-state index in [4.69, 9.17) is 22.1 Å². The minimum Gasteiger partial charge on any atom is -0.444 e. The van der Waals surface area contributed by atoms with Crippen LogP contribution in [-0.2, 0) is 35.1 Å². The van der Waals surface area contributed by atoms with Gasteiger partial charge < -0.3 is 41.7 Å². The van der Waals surface area contributed by atoms with E-state index in [0.717, 1.165) is 21.7 Å². The van der Waals surface area contributed by atoms with Gasteiger partial charge >= 0.3 is 6.09 Å². The third-order valence-electron chi connectivity index (χ3n) is 9.93. The molecule has 1 aliphatic rings. The smallest absolute Gasteiger partial charge is 0.408 e. The fraction of sp³-hybridized carbons (Fsp3) is 0.512. The number of aryl methyl sites for hydroxylation is 2. The number of likely N-dealkylation sites (tertiary alicyclic amines) is 1. The quantitative estimate of drug-likeness (QED) is 0.106. The minimum atomic E-state index is -1.14. The lowest BCUT2D eigenvalue weighted by molar-refractivity contribution is -0.144. The minimum absolute atomic E-state index is 0.0349. The lowest BCUT2D eigenvalue weighted by Crippen LogP contribution is -2.57. The highest BCUT2D eigenvalue weighted by Crippen LogP contribution is 2.31. The first-order valence-corrected chi connectivity index (χ1v) is 21.2. The second-order valence-corrected chi connectivity index (χ2v) is 18.4. The van der Waals surface area contributed by atoms with Gasteiger partial charge in [-0.2, -0.15) is 0 Å². The number of nitrogens with one attached hydrogen (secondary N) is 4. The van der Waals surface area contributed by atoms with Gasteiger partial charge in [-0.15, -0.1) is 11.3 Å². The van der Waals surface area contributed by atoms with E-state index < -0.39 is 65.0 Å². The number of rotatable bonds is 16. The number of hydrogen-bond donors (Lipinski definition) is 6. The summed E-state index contributed by atoms with van der Waals surface area (Å²) in [7, 11) is 0. The van der Waals surface area contributed by atoms with Crippen LogP contribution in [0, 0.1) is 12.3 Å². The molecule has 6 amide bonds. The predicted octanol–water partition coefficient (Wildman–Crippen LogP) is 5.56. The first-order valence-electron chi connectivity index (χ1n) is 20.0. The SMILES string of the molecule is Cc1ncsc1-c1ccc(C(C)NC(=O)[C@@H]2C[C@@H](O)CN2C(=O)C(NC(=O)CCCc2cccc(NC(=O)C(CCC(N)=O)NC(=O)OC(C)(C)C)c2Cl)C(C)(C)C)cc1. The summed E-state index contributed by atoms with van der Waals surface area (Å²) in [6, 6.07) is 9.43. The molecule has 0 saturated carbocycles. The van der Waals surface area contributed by atoms with Gasteiger partial charge in [-0.3, -0.25) is 24.0 Å². The summed E-state index contributed by atoms with van der Waals surface area (Å²) in [6.45, 7) is 14.2. The highest BCUT2D eigenvalue weighted by atomic mass is 35.5. The molecule has 5 atom stereocenters. The molecule has 326 valence electrons. The molecule has 3 aromatic rings. The maximum absolute atomic E-state index is 14.1. The highest BCUT2D eigenvalue weighted by Gasteiger charge is 2.44. The molecule has 7 N–H and O–H groups in total. The zero-order valence-electron chi connectivity index (χ0n) is 35.5. The van der Waals surface area contributed by atoms with Crippen molar-refractivity contribution in [3.63, 3.8) is 0 Å². The summed E-state index contributed by atoms with van der Waals surface area (Å²) in [5.41, 5.74) is 9.29. The monoisotopic (exact) mass is 867 g/mol. The Kier molecular flexibility index (Phi) is 16.2. The number of carbonyl (C=O) groups is 6. The number of thiazole rings is 1. The lowest BCUT2D eigenvalue weighted by Gasteiger charge is -2.35. The molecule has 15 nitrogen and oxygen atoms in total. The zero-order chi connectivity index (χ0) is 44.5. The van der Waals surface area contributed by atoms with E-state index in [2.05, 4.69) is 26.3 Å². The third-order valence-corrected chi connectivity index (χ3v) is 11.4. The standard InChI is InChI=1S/C43H58ClN7O8S/c1-24(26-15-17-28(18-16-26)36-25(2)46-23-60-36)47-39(56)32-21-29(52)22-51(32)40(57)37(42(3,4)5)50-34(54)14-10-12-27-11-9-13-30(35(27)44)48-38(55)31(19-20-33(45)53)49-41(58)59-43(6,7)8/h9,11,13,15-18,23-24,29,31-32,37,52H,10,12,14,19-22H2,1-8H3,(H2,45,53)(H,47,56)(H,48,55)(H,49,58)(H,50,54)/t24?,29-,31?,32+,37?/m1/s1. The van der Waals surface area contributed by atoms with Crippen molar-refractivity contribution in [2.24, 2.45) is 11.1 Å². The summed E-state index contributed by atoms with van der Waals surface area (Å²) in [4.78, 5) is 85.1. The first-order chi connectivity index (χ1) is 28.0. The van der Waals surface area contributed by atoms with Gasteiger partial charge in [-0.05, 0) is 82.1 Å². The molecule has 1 aliphatic heterocycles. The van der Waals surface area contributed by atoms with Gasteiger partial charge in [0, 0.05) is 25.8 Å². The molecule has 1 fully saturated rings. The number of primary amides is 1. The van der Waals surface area contributed by atoms with E-state index in [9.17, 15) is 33.9 Å². The average Bonchev–Trinajstić information content (AvgIpc) is 3.77. The number of benzene rings is 2. The van der Waals surface area contributed by atoms with Crippen molar-refractivity contribution in [3.05, 3.63) is 69.8 Å². The van der Waals surface area contributed by atoms with Crippen LogP contribution >= 0.6 is 22.9 Å². The average molecular weight is 868 g/mol. The number of aliphatic hydroxyl groups is 1. The lowest BCUT2D eigenvalue weighted by atomic mass is 9.85. The van der Waals surface area contributed by atoms with Crippen molar-refractivity contribution in [2.75, 3.05) is 11.9 Å². The Morgan fingerprint density at radius 1 is 1.00 bits per heavy atom. The topological polar surface area (TPSA) is 222 Å². The van der Waals surface area contributed by atoms with E-state index in [-0.39, 0.29) is 54.9 Å². The maximum Gasteiger partial charge on any atom is 0.408 e. The number of anilines is 1. The van der Waals surface area contributed by atoms with E-state index in [0.29, 0.717) is 18.4 Å². The molecule has 2 aromatic carbocycles. The van der Waals surface area contributed by atoms with Crippen LogP contribution in [0.2, 0.25) is 5.02 Å². The van der Waals surface area contributed by atoms with Crippen molar-refractivity contribution < 1.29 is 38.6 Å². The molecule has 4 rings (SSSR count). The van der Waals surface area contributed by atoms with Gasteiger partial charge in [0.25, 0.3) is 0 Å². The second-order valence-electron chi connectivity index (χ2n) is 17.2. The molecule has 0 bridgehead atoms. The Morgan fingerprint density at radius 2 is 1.68 bits per heavy atom. The number of ether oxygens (including phenoxy) is 1. The van der Waals surface area contributed by atoms with Crippen molar-refractivity contribution in [3.8, 4) is 10.4 Å². The Bertz CT molecular complexity index is 2030. The zero-order valence-corrected chi connectivity index (χ0v) is 37.1. The predicted molar refractivity (Wildman–Crippen MR) is 231 cm³/mol. The number of carbonyl (C=O) groups excluding carboxylic acids is 6. The number of hydrogen-bond acceptors (Lipinski definition) is 10. The molecule has 60 heavy (non-hydrogen) atoms. The van der Waals surface area contributed by atoms with Gasteiger partial charge in [0.15, 0.2) is 0 Å². The van der Waals surface area contributed by atoms with Crippen molar-refractivity contribution >= 4 is 64.3 Å². The fourth-order valence-corrected chi connectivity index (χ4v) is 7.86. The maximum atomic E-state index is 14.1. The Labute approximate surface area is 360 Å². The van der Waals surface area contributed by atoms with Crippen LogP contribution in [0.3, 0.4) is 0 Å². The van der Waals surface area contributed by atoms with Crippen LogP contribution < -0.4 is 27.0 Å². The van der Waals surface area contributed by atoms with E-state index in [1.54, 1.807) is 55.8 Å². The summed E-state index contributed by atoms with van der Waals surface area (Å²) in [6.07, 6.45) is -1.20. The van der Waals surface area contributed by atoms with E-state index in [1.165, 1.54) is 4.90 Å². The third kappa shape index (κ3) is 13.5. The molecule has 1 saturated heterocycles. The van der Waals surface area contributed by atoms with E-state index in [1.807, 2.05) is 58.9 Å². The van der Waals surface area contributed by atoms with Crippen LogP contribution in [0.1, 0.15) is 103 Å². The molecule has 0 aliphatic carbocycles. The van der Waals surface area contributed by atoms with Crippen molar-refractivity contribution in [1.29, 1.82) is 0 Å². The molecule has 1 aromatic heterocycles. The molecular weight excluding hydrogens is 810 g/mol. The van der Waals surface area contributed by atoms with Crippen LogP contribution in [0.15, 0.2) is 48.0 Å². The highest BCUT2D eigenvalue weighted by molar-refractivity contribution is 7.13.